The molecule has 5 heteroatoms. The predicted molar refractivity (Wildman–Crippen MR) is 84.0 cm³/mol. The molecule has 21 heavy (non-hydrogen) atoms. The van der Waals surface area contributed by atoms with Crippen LogP contribution in [0.5, 0.6) is 0 Å². The molecule has 1 heterocycles. The second-order valence-electron chi connectivity index (χ2n) is 6.40. The van der Waals surface area contributed by atoms with Crippen LogP contribution in [0, 0.1) is 17.2 Å². The van der Waals surface area contributed by atoms with Crippen molar-refractivity contribution in [2.45, 2.75) is 32.6 Å². The van der Waals surface area contributed by atoms with Crippen molar-refractivity contribution in [2.75, 3.05) is 18.8 Å². The molecule has 0 spiro atoms. The SMILES string of the molecule is CC(C)CC1(C(C=O)c2cc(F)c(N)c(Cl)c2)CCNC1. The van der Waals surface area contributed by atoms with E-state index in [-0.39, 0.29) is 22.0 Å². The summed E-state index contributed by atoms with van der Waals surface area (Å²) in [7, 11) is 0. The Labute approximate surface area is 130 Å². The third-order valence-electron chi connectivity index (χ3n) is 4.35. The summed E-state index contributed by atoms with van der Waals surface area (Å²) in [6.45, 7) is 5.91. The molecule has 1 aromatic rings. The van der Waals surface area contributed by atoms with Gasteiger partial charge in [-0.2, -0.15) is 0 Å². The summed E-state index contributed by atoms with van der Waals surface area (Å²) in [5.41, 5.74) is 5.93. The van der Waals surface area contributed by atoms with Crippen molar-refractivity contribution in [3.8, 4) is 0 Å². The minimum Gasteiger partial charge on any atom is -0.395 e. The van der Waals surface area contributed by atoms with Crippen LogP contribution in [-0.2, 0) is 4.79 Å². The monoisotopic (exact) mass is 312 g/mol. The van der Waals surface area contributed by atoms with Gasteiger partial charge in [0.15, 0.2) is 0 Å². The van der Waals surface area contributed by atoms with Gasteiger partial charge in [0.25, 0.3) is 0 Å². The quantitative estimate of drug-likeness (QED) is 0.647. The van der Waals surface area contributed by atoms with Crippen LogP contribution in [0.25, 0.3) is 0 Å². The highest BCUT2D eigenvalue weighted by atomic mass is 35.5. The van der Waals surface area contributed by atoms with E-state index in [0.29, 0.717) is 11.5 Å². The van der Waals surface area contributed by atoms with Gasteiger partial charge in [0, 0.05) is 12.5 Å². The van der Waals surface area contributed by atoms with Crippen LogP contribution in [0.3, 0.4) is 0 Å². The van der Waals surface area contributed by atoms with Crippen molar-refractivity contribution < 1.29 is 9.18 Å². The number of anilines is 1. The average molecular weight is 313 g/mol. The van der Waals surface area contributed by atoms with E-state index in [1.807, 2.05) is 0 Å². The number of nitrogens with two attached hydrogens (primary N) is 1. The van der Waals surface area contributed by atoms with Gasteiger partial charge in [-0.1, -0.05) is 25.4 Å². The summed E-state index contributed by atoms with van der Waals surface area (Å²) in [6, 6.07) is 2.97. The van der Waals surface area contributed by atoms with Crippen LogP contribution >= 0.6 is 11.6 Å². The Bertz CT molecular complexity index is 504. The molecule has 0 aliphatic carbocycles. The number of hydrogen-bond acceptors (Lipinski definition) is 3. The van der Waals surface area contributed by atoms with Gasteiger partial charge < -0.3 is 15.8 Å². The van der Waals surface area contributed by atoms with Gasteiger partial charge >= 0.3 is 0 Å². The molecule has 1 aliphatic rings. The Hall–Kier alpha value is -1.13. The zero-order valence-electron chi connectivity index (χ0n) is 12.5. The van der Waals surface area contributed by atoms with Crippen molar-refractivity contribution >= 4 is 23.6 Å². The van der Waals surface area contributed by atoms with Crippen LogP contribution in [0.15, 0.2) is 12.1 Å². The summed E-state index contributed by atoms with van der Waals surface area (Å²) in [6.07, 6.45) is 2.74. The Morgan fingerprint density at radius 1 is 1.52 bits per heavy atom. The summed E-state index contributed by atoms with van der Waals surface area (Å²) in [5, 5.41) is 3.50. The maximum atomic E-state index is 13.9. The lowest BCUT2D eigenvalue weighted by atomic mass is 9.67. The van der Waals surface area contributed by atoms with Gasteiger partial charge in [0.1, 0.15) is 12.1 Å². The topological polar surface area (TPSA) is 55.1 Å². The largest absolute Gasteiger partial charge is 0.395 e. The number of carbonyl (C=O) groups excluding carboxylic acids is 1. The van der Waals surface area contributed by atoms with E-state index in [1.54, 1.807) is 6.07 Å². The molecule has 3 nitrogen and oxygen atoms in total. The second-order valence-corrected chi connectivity index (χ2v) is 6.81. The fourth-order valence-electron chi connectivity index (χ4n) is 3.50. The summed E-state index contributed by atoms with van der Waals surface area (Å²) in [4.78, 5) is 11.8. The summed E-state index contributed by atoms with van der Waals surface area (Å²) >= 11 is 5.98. The Balaban J connectivity index is 2.44. The van der Waals surface area contributed by atoms with Crippen LogP contribution in [-0.4, -0.2) is 19.4 Å². The highest BCUT2D eigenvalue weighted by molar-refractivity contribution is 6.33. The van der Waals surface area contributed by atoms with Crippen molar-refractivity contribution in [2.24, 2.45) is 11.3 Å². The molecular weight excluding hydrogens is 291 g/mol. The summed E-state index contributed by atoms with van der Waals surface area (Å²) < 4.78 is 13.9. The van der Waals surface area contributed by atoms with E-state index in [9.17, 15) is 9.18 Å². The van der Waals surface area contributed by atoms with Gasteiger partial charge in [-0.15, -0.1) is 0 Å². The molecule has 1 saturated heterocycles. The normalized spacial score (nSPS) is 23.5. The first-order chi connectivity index (χ1) is 9.89. The average Bonchev–Trinajstić information content (AvgIpc) is 2.85. The van der Waals surface area contributed by atoms with E-state index < -0.39 is 5.82 Å². The first-order valence-electron chi connectivity index (χ1n) is 7.30. The number of aldehydes is 1. The standard InChI is InChI=1S/C16H22ClFN2O/c1-10(2)7-16(3-4-20-9-16)12(8-21)11-5-13(17)15(19)14(18)6-11/h5-6,8,10,12,20H,3-4,7,9,19H2,1-2H3. The molecule has 116 valence electrons. The van der Waals surface area contributed by atoms with Gasteiger partial charge in [0.2, 0.25) is 0 Å². The number of carbonyl (C=O) groups is 1. The van der Waals surface area contributed by atoms with E-state index in [1.165, 1.54) is 6.07 Å². The van der Waals surface area contributed by atoms with Crippen molar-refractivity contribution in [1.29, 1.82) is 0 Å². The fraction of sp³-hybridized carbons (Fsp3) is 0.562. The first kappa shape index (κ1) is 16.2. The van der Waals surface area contributed by atoms with E-state index in [0.717, 1.165) is 32.2 Å². The van der Waals surface area contributed by atoms with Gasteiger partial charge in [0.05, 0.1) is 10.7 Å². The molecule has 0 amide bonds. The third-order valence-corrected chi connectivity index (χ3v) is 4.66. The highest BCUT2D eigenvalue weighted by Gasteiger charge is 2.42. The number of benzene rings is 1. The Kier molecular flexibility index (Phi) is 4.89. The van der Waals surface area contributed by atoms with Crippen LogP contribution < -0.4 is 11.1 Å². The Morgan fingerprint density at radius 2 is 2.24 bits per heavy atom. The van der Waals surface area contributed by atoms with E-state index in [2.05, 4.69) is 19.2 Å². The number of halogens is 2. The maximum Gasteiger partial charge on any atom is 0.147 e. The second kappa shape index (κ2) is 6.32. The van der Waals surface area contributed by atoms with Crippen molar-refractivity contribution in [1.82, 2.24) is 5.32 Å². The summed E-state index contributed by atoms with van der Waals surface area (Å²) in [5.74, 6) is -0.473. The number of rotatable bonds is 5. The molecule has 2 atom stereocenters. The number of hydrogen-bond donors (Lipinski definition) is 2. The van der Waals surface area contributed by atoms with Gasteiger partial charge in [-0.25, -0.2) is 4.39 Å². The zero-order chi connectivity index (χ0) is 15.6. The molecule has 0 saturated carbocycles. The molecular formula is C16H22ClFN2O. The lowest BCUT2D eigenvalue weighted by molar-refractivity contribution is -0.111. The predicted octanol–water partition coefficient (Wildman–Crippen LogP) is 3.37. The molecule has 1 fully saturated rings. The minimum atomic E-state index is -0.560. The zero-order valence-corrected chi connectivity index (χ0v) is 13.2. The molecule has 0 bridgehead atoms. The molecule has 1 aromatic carbocycles. The Morgan fingerprint density at radius 3 is 2.71 bits per heavy atom. The lowest BCUT2D eigenvalue weighted by Crippen LogP contribution is -2.34. The number of nitrogen functional groups attached to an aromatic ring is 1. The van der Waals surface area contributed by atoms with Crippen LogP contribution in [0.4, 0.5) is 10.1 Å². The van der Waals surface area contributed by atoms with Crippen molar-refractivity contribution in [3.63, 3.8) is 0 Å². The fourth-order valence-corrected chi connectivity index (χ4v) is 3.72. The lowest BCUT2D eigenvalue weighted by Gasteiger charge is -2.36. The molecule has 0 radical (unpaired) electrons. The van der Waals surface area contributed by atoms with Crippen molar-refractivity contribution in [3.05, 3.63) is 28.5 Å². The molecule has 1 aliphatic heterocycles. The molecule has 2 unspecified atom stereocenters. The first-order valence-corrected chi connectivity index (χ1v) is 7.68. The van der Waals surface area contributed by atoms with Crippen LogP contribution in [0.1, 0.15) is 38.2 Å². The third kappa shape index (κ3) is 3.22. The van der Waals surface area contributed by atoms with E-state index >= 15 is 0 Å². The highest BCUT2D eigenvalue weighted by Crippen LogP contribution is 2.45. The smallest absolute Gasteiger partial charge is 0.147 e. The molecule has 0 aromatic heterocycles. The van der Waals surface area contributed by atoms with Gasteiger partial charge in [-0.05, 0) is 48.4 Å². The number of nitrogens with one attached hydrogen (secondary N) is 1. The van der Waals surface area contributed by atoms with Gasteiger partial charge in [-0.3, -0.25) is 0 Å². The van der Waals surface area contributed by atoms with E-state index in [4.69, 9.17) is 17.3 Å². The minimum absolute atomic E-state index is 0.0625. The maximum absolute atomic E-state index is 13.9. The molecule has 2 rings (SSSR count). The van der Waals surface area contributed by atoms with Crippen LogP contribution in [0.2, 0.25) is 5.02 Å². The molecule has 3 N–H and O–H groups in total.